The maximum atomic E-state index is 12.7. The Hall–Kier alpha value is -2.25. The van der Waals surface area contributed by atoms with E-state index < -0.39 is 10.1 Å². The largest absolute Gasteiger partial charge is 0.382 e. The van der Waals surface area contributed by atoms with Crippen LogP contribution >= 0.6 is 11.6 Å². The van der Waals surface area contributed by atoms with Gasteiger partial charge in [0.25, 0.3) is 0 Å². The summed E-state index contributed by atoms with van der Waals surface area (Å²) < 4.78 is 28.0. The third kappa shape index (κ3) is 5.61. The molecule has 0 spiro atoms. The fourth-order valence-corrected chi connectivity index (χ4v) is 3.18. The fraction of sp³-hybridized carbons (Fsp3) is 0.316. The standard InChI is InChI=1S/C19H21ClN2O4S/c1-2-27(24,25)26-18-11-3-14(4-12-18)13-22(17-9-10-17)19(23)21-16-7-5-15(20)6-8-16/h3-8,11-12,17H,2,9-10,13H2,1H3,(H,21,23). The lowest BCUT2D eigenvalue weighted by Crippen LogP contribution is -2.36. The van der Waals surface area contributed by atoms with Crippen LogP contribution in [0.5, 0.6) is 5.75 Å². The highest BCUT2D eigenvalue weighted by Gasteiger charge is 2.32. The molecule has 0 aromatic heterocycles. The zero-order valence-corrected chi connectivity index (χ0v) is 16.5. The first kappa shape index (κ1) is 19.5. The summed E-state index contributed by atoms with van der Waals surface area (Å²) in [6.45, 7) is 1.96. The van der Waals surface area contributed by atoms with Crippen LogP contribution in [0.25, 0.3) is 0 Å². The second-order valence-corrected chi connectivity index (χ2v) is 8.67. The van der Waals surface area contributed by atoms with Gasteiger partial charge >= 0.3 is 16.1 Å². The van der Waals surface area contributed by atoms with Gasteiger partial charge in [0.1, 0.15) is 5.75 Å². The number of rotatable bonds is 7. The Balaban J connectivity index is 1.65. The Labute approximate surface area is 164 Å². The van der Waals surface area contributed by atoms with E-state index in [9.17, 15) is 13.2 Å². The van der Waals surface area contributed by atoms with Crippen LogP contribution in [0.3, 0.4) is 0 Å². The maximum Gasteiger partial charge on any atom is 0.322 e. The van der Waals surface area contributed by atoms with Crippen LogP contribution in [0.15, 0.2) is 48.5 Å². The molecule has 1 N–H and O–H groups in total. The van der Waals surface area contributed by atoms with Crippen LogP contribution in [0.4, 0.5) is 10.5 Å². The normalized spacial score (nSPS) is 13.9. The van der Waals surface area contributed by atoms with Crippen molar-refractivity contribution in [3.8, 4) is 5.75 Å². The fourth-order valence-electron chi connectivity index (χ4n) is 2.53. The van der Waals surface area contributed by atoms with E-state index in [1.807, 2.05) is 0 Å². The summed E-state index contributed by atoms with van der Waals surface area (Å²) in [6, 6.07) is 13.7. The highest BCUT2D eigenvalue weighted by molar-refractivity contribution is 7.87. The van der Waals surface area contributed by atoms with Crippen LogP contribution in [0.2, 0.25) is 5.02 Å². The predicted octanol–water partition coefficient (Wildman–Crippen LogP) is 4.27. The summed E-state index contributed by atoms with van der Waals surface area (Å²) in [5.74, 6) is 0.180. The first-order valence-electron chi connectivity index (χ1n) is 8.70. The smallest absolute Gasteiger partial charge is 0.322 e. The molecule has 0 heterocycles. The Bertz CT molecular complexity index is 894. The number of hydrogen-bond donors (Lipinski definition) is 1. The number of halogens is 1. The van der Waals surface area contributed by atoms with E-state index in [0.29, 0.717) is 17.3 Å². The molecule has 2 amide bonds. The summed E-state index contributed by atoms with van der Waals surface area (Å²) in [5, 5.41) is 3.50. The molecule has 8 heteroatoms. The van der Waals surface area contributed by atoms with Crippen LogP contribution in [0, 0.1) is 0 Å². The minimum atomic E-state index is -3.55. The van der Waals surface area contributed by atoms with Crippen molar-refractivity contribution in [2.75, 3.05) is 11.1 Å². The monoisotopic (exact) mass is 408 g/mol. The number of carbonyl (C=O) groups excluding carboxylic acids is 1. The number of nitrogens with one attached hydrogen (secondary N) is 1. The Morgan fingerprint density at radius 1 is 1.15 bits per heavy atom. The zero-order valence-electron chi connectivity index (χ0n) is 14.9. The number of hydrogen-bond acceptors (Lipinski definition) is 4. The van der Waals surface area contributed by atoms with Gasteiger partial charge in [-0.1, -0.05) is 23.7 Å². The van der Waals surface area contributed by atoms with Crippen molar-refractivity contribution >= 4 is 33.4 Å². The van der Waals surface area contributed by atoms with Crippen LogP contribution in [0.1, 0.15) is 25.3 Å². The SMILES string of the molecule is CCS(=O)(=O)Oc1ccc(CN(C(=O)Nc2ccc(Cl)cc2)C2CC2)cc1. The molecule has 0 radical (unpaired) electrons. The highest BCUT2D eigenvalue weighted by atomic mass is 35.5. The molecule has 3 rings (SSSR count). The minimum absolute atomic E-state index is 0.0882. The van der Waals surface area contributed by atoms with Gasteiger partial charge in [0.2, 0.25) is 0 Å². The number of amides is 2. The average Bonchev–Trinajstić information content (AvgIpc) is 3.47. The van der Waals surface area contributed by atoms with E-state index in [1.54, 1.807) is 53.4 Å². The van der Waals surface area contributed by atoms with Crippen molar-refractivity contribution in [3.63, 3.8) is 0 Å². The first-order chi connectivity index (χ1) is 12.9. The van der Waals surface area contributed by atoms with Crippen molar-refractivity contribution < 1.29 is 17.4 Å². The number of carbonyl (C=O) groups is 1. The molecule has 2 aromatic carbocycles. The van der Waals surface area contributed by atoms with Crippen molar-refractivity contribution in [2.24, 2.45) is 0 Å². The molecular weight excluding hydrogens is 388 g/mol. The predicted molar refractivity (Wildman–Crippen MR) is 106 cm³/mol. The molecule has 1 saturated carbocycles. The topological polar surface area (TPSA) is 75.7 Å². The minimum Gasteiger partial charge on any atom is -0.382 e. The summed E-state index contributed by atoms with van der Waals surface area (Å²) >= 11 is 5.87. The quantitative estimate of drug-likeness (QED) is 0.694. The van der Waals surface area contributed by atoms with Crippen molar-refractivity contribution in [1.82, 2.24) is 4.90 Å². The second-order valence-electron chi connectivity index (χ2n) is 6.37. The Morgan fingerprint density at radius 2 is 1.78 bits per heavy atom. The van der Waals surface area contributed by atoms with Gasteiger partial charge in [-0.3, -0.25) is 0 Å². The summed E-state index contributed by atoms with van der Waals surface area (Å²) in [7, 11) is -3.55. The molecule has 1 fully saturated rings. The van der Waals surface area contributed by atoms with Crippen LogP contribution < -0.4 is 9.50 Å². The molecule has 0 unspecified atom stereocenters. The van der Waals surface area contributed by atoms with Gasteiger partial charge in [-0.2, -0.15) is 8.42 Å². The Kier molecular flexibility index (Phi) is 5.92. The number of nitrogens with zero attached hydrogens (tertiary/aromatic N) is 1. The molecule has 1 aliphatic rings. The van der Waals surface area contributed by atoms with Gasteiger partial charge < -0.3 is 14.4 Å². The van der Waals surface area contributed by atoms with E-state index in [0.717, 1.165) is 18.4 Å². The molecular formula is C19H21ClN2O4S. The van der Waals surface area contributed by atoms with E-state index >= 15 is 0 Å². The number of anilines is 1. The summed E-state index contributed by atoms with van der Waals surface area (Å²) in [6.07, 6.45) is 1.95. The molecule has 27 heavy (non-hydrogen) atoms. The molecule has 0 atom stereocenters. The van der Waals surface area contributed by atoms with E-state index in [4.69, 9.17) is 15.8 Å². The van der Waals surface area contributed by atoms with Crippen LogP contribution in [-0.2, 0) is 16.7 Å². The summed E-state index contributed by atoms with van der Waals surface area (Å²) in [4.78, 5) is 14.4. The van der Waals surface area contributed by atoms with Gasteiger partial charge in [-0.15, -0.1) is 0 Å². The number of benzene rings is 2. The van der Waals surface area contributed by atoms with Gasteiger partial charge in [0.15, 0.2) is 0 Å². The zero-order chi connectivity index (χ0) is 19.4. The molecule has 1 aliphatic carbocycles. The molecule has 0 saturated heterocycles. The number of urea groups is 1. The van der Waals surface area contributed by atoms with Crippen LogP contribution in [-0.4, -0.2) is 31.1 Å². The van der Waals surface area contributed by atoms with E-state index in [-0.39, 0.29) is 23.6 Å². The lowest BCUT2D eigenvalue weighted by Gasteiger charge is -2.23. The van der Waals surface area contributed by atoms with E-state index in [2.05, 4.69) is 5.32 Å². The molecule has 6 nitrogen and oxygen atoms in total. The van der Waals surface area contributed by atoms with Gasteiger partial charge in [-0.25, -0.2) is 4.79 Å². The molecule has 0 bridgehead atoms. The second kappa shape index (κ2) is 8.19. The average molecular weight is 409 g/mol. The summed E-state index contributed by atoms with van der Waals surface area (Å²) in [5.41, 5.74) is 1.58. The van der Waals surface area contributed by atoms with Gasteiger partial charge in [0, 0.05) is 23.3 Å². The molecule has 2 aromatic rings. The lowest BCUT2D eigenvalue weighted by molar-refractivity contribution is 0.206. The first-order valence-corrected chi connectivity index (χ1v) is 10.7. The highest BCUT2D eigenvalue weighted by Crippen LogP contribution is 2.29. The van der Waals surface area contributed by atoms with Crippen molar-refractivity contribution in [3.05, 3.63) is 59.1 Å². The third-order valence-electron chi connectivity index (χ3n) is 4.20. The third-order valence-corrected chi connectivity index (χ3v) is 5.60. The molecule has 0 aliphatic heterocycles. The maximum absolute atomic E-state index is 12.7. The lowest BCUT2D eigenvalue weighted by atomic mass is 10.2. The van der Waals surface area contributed by atoms with Gasteiger partial charge in [-0.05, 0) is 61.7 Å². The van der Waals surface area contributed by atoms with Crippen molar-refractivity contribution in [1.29, 1.82) is 0 Å². The van der Waals surface area contributed by atoms with Gasteiger partial charge in [0.05, 0.1) is 5.75 Å². The Morgan fingerprint density at radius 3 is 2.33 bits per heavy atom. The molecule has 144 valence electrons. The van der Waals surface area contributed by atoms with Crippen molar-refractivity contribution in [2.45, 2.75) is 32.4 Å². The van der Waals surface area contributed by atoms with E-state index in [1.165, 1.54) is 6.92 Å².